The molecule has 8 heteroatoms. The van der Waals surface area contributed by atoms with Gasteiger partial charge in [0.2, 0.25) is 5.76 Å². The van der Waals surface area contributed by atoms with E-state index in [1.807, 2.05) is 6.07 Å². The third kappa shape index (κ3) is 3.63. The van der Waals surface area contributed by atoms with E-state index in [0.29, 0.717) is 36.2 Å². The predicted octanol–water partition coefficient (Wildman–Crippen LogP) is 1.88. The zero-order valence-electron chi connectivity index (χ0n) is 15.9. The minimum atomic E-state index is -0.565. The fourth-order valence-electron chi connectivity index (χ4n) is 3.41. The van der Waals surface area contributed by atoms with Crippen molar-refractivity contribution in [3.05, 3.63) is 41.1 Å². The first-order valence-electron chi connectivity index (χ1n) is 8.69. The summed E-state index contributed by atoms with van der Waals surface area (Å²) in [6.07, 6.45) is -0.565. The Kier molecular flexibility index (Phi) is 5.67. The zero-order valence-corrected chi connectivity index (χ0v) is 15.9. The van der Waals surface area contributed by atoms with E-state index < -0.39 is 12.1 Å². The smallest absolute Gasteiger partial charge is 0.292 e. The van der Waals surface area contributed by atoms with Crippen molar-refractivity contribution in [3.8, 4) is 11.5 Å². The number of carbonyl (C=O) groups is 1. The second kappa shape index (κ2) is 7.98. The maximum atomic E-state index is 13.2. The minimum Gasteiger partial charge on any atom is -0.493 e. The van der Waals surface area contributed by atoms with Crippen LogP contribution >= 0.6 is 0 Å². The highest BCUT2D eigenvalue weighted by Crippen LogP contribution is 2.36. The Balaban J connectivity index is 2.02. The van der Waals surface area contributed by atoms with Crippen molar-refractivity contribution in [1.29, 1.82) is 0 Å². The molecule has 27 heavy (non-hydrogen) atoms. The highest BCUT2D eigenvalue weighted by atomic mass is 16.5. The van der Waals surface area contributed by atoms with Gasteiger partial charge in [0.25, 0.3) is 5.91 Å². The van der Waals surface area contributed by atoms with E-state index in [2.05, 4.69) is 4.98 Å². The molecule has 8 nitrogen and oxygen atoms in total. The molecule has 1 aliphatic rings. The van der Waals surface area contributed by atoms with Crippen LogP contribution in [0.2, 0.25) is 0 Å². The maximum absolute atomic E-state index is 13.2. The number of morpholine rings is 1. The molecule has 1 aromatic heterocycles. The number of hydrogen-bond donors (Lipinski definition) is 1. The van der Waals surface area contributed by atoms with Crippen LogP contribution in [0.15, 0.2) is 22.6 Å². The topological polar surface area (TPSA) is 94.3 Å². The van der Waals surface area contributed by atoms with Gasteiger partial charge in [-0.3, -0.25) is 4.79 Å². The molecule has 2 heterocycles. The summed E-state index contributed by atoms with van der Waals surface area (Å²) >= 11 is 0. The average molecular weight is 376 g/mol. The Hall–Kier alpha value is -2.58. The molecule has 0 unspecified atom stereocenters. The highest BCUT2D eigenvalue weighted by Gasteiger charge is 2.38. The Labute approximate surface area is 157 Å². The number of aryl methyl sites for hydroxylation is 2. The van der Waals surface area contributed by atoms with Crippen LogP contribution < -0.4 is 9.47 Å². The molecule has 2 atom stereocenters. The molecular weight excluding hydrogens is 352 g/mol. The van der Waals surface area contributed by atoms with Crippen molar-refractivity contribution in [2.75, 3.05) is 34.0 Å². The zero-order chi connectivity index (χ0) is 19.6. The van der Waals surface area contributed by atoms with Gasteiger partial charge in [0, 0.05) is 13.5 Å². The van der Waals surface area contributed by atoms with Crippen LogP contribution in [0.3, 0.4) is 0 Å². The van der Waals surface area contributed by atoms with Crippen LogP contribution in [0, 0.1) is 13.8 Å². The number of hydrogen-bond acceptors (Lipinski definition) is 7. The van der Waals surface area contributed by atoms with Gasteiger partial charge < -0.3 is 28.6 Å². The quantitative estimate of drug-likeness (QED) is 0.851. The summed E-state index contributed by atoms with van der Waals surface area (Å²) in [7, 11) is 3.11. The van der Waals surface area contributed by atoms with Crippen molar-refractivity contribution in [1.82, 2.24) is 9.88 Å². The van der Waals surface area contributed by atoms with Gasteiger partial charge in [0.05, 0.1) is 39.2 Å². The summed E-state index contributed by atoms with van der Waals surface area (Å²) in [6.45, 7) is 3.90. The molecular formula is C19H24N2O6. The molecule has 0 radical (unpaired) electrons. The lowest BCUT2D eigenvalue weighted by molar-refractivity contribution is -0.0818. The predicted molar refractivity (Wildman–Crippen MR) is 96.1 cm³/mol. The Bertz CT molecular complexity index is 819. The molecule has 1 amide bonds. The number of aliphatic hydroxyl groups is 1. The molecule has 2 aromatic rings. The fraction of sp³-hybridized carbons (Fsp3) is 0.474. The van der Waals surface area contributed by atoms with E-state index >= 15 is 0 Å². The van der Waals surface area contributed by atoms with Crippen molar-refractivity contribution in [2.45, 2.75) is 26.0 Å². The monoisotopic (exact) mass is 376 g/mol. The highest BCUT2D eigenvalue weighted by molar-refractivity contribution is 5.93. The second-order valence-electron chi connectivity index (χ2n) is 6.30. The third-order valence-corrected chi connectivity index (χ3v) is 4.64. The number of methoxy groups -OCH3 is 2. The Morgan fingerprint density at radius 1 is 1.30 bits per heavy atom. The summed E-state index contributed by atoms with van der Waals surface area (Å²) in [5.74, 6) is 1.48. The minimum absolute atomic E-state index is 0.205. The first-order valence-corrected chi connectivity index (χ1v) is 8.69. The van der Waals surface area contributed by atoms with Gasteiger partial charge in [0.1, 0.15) is 6.10 Å². The first kappa shape index (κ1) is 19.2. The summed E-state index contributed by atoms with van der Waals surface area (Å²) in [4.78, 5) is 19.0. The lowest BCUT2D eigenvalue weighted by Gasteiger charge is -2.40. The Morgan fingerprint density at radius 3 is 2.63 bits per heavy atom. The second-order valence-corrected chi connectivity index (χ2v) is 6.30. The molecule has 1 aromatic carbocycles. The first-order chi connectivity index (χ1) is 13.0. The standard InChI is InChI=1S/C19H24N2O6/c1-11-18(27-12(2)20-11)19(23)21-7-8-26-16(10-22)17(21)13-5-6-14(24-3)15(9-13)25-4/h5-6,9,16-17,22H,7-8,10H2,1-4H3/t16-,17-/m0/s1. The van der Waals surface area contributed by atoms with Crippen LogP contribution in [0.4, 0.5) is 0 Å². The molecule has 146 valence electrons. The van der Waals surface area contributed by atoms with E-state index in [9.17, 15) is 9.90 Å². The Morgan fingerprint density at radius 2 is 2.04 bits per heavy atom. The molecule has 1 aliphatic heterocycles. The number of rotatable bonds is 5. The number of benzene rings is 1. The van der Waals surface area contributed by atoms with Crippen molar-refractivity contribution in [3.63, 3.8) is 0 Å². The molecule has 0 saturated carbocycles. The number of amides is 1. The van der Waals surface area contributed by atoms with Crippen LogP contribution in [0.1, 0.15) is 33.7 Å². The lowest BCUT2D eigenvalue weighted by Crippen LogP contribution is -2.49. The van der Waals surface area contributed by atoms with Gasteiger partial charge in [-0.2, -0.15) is 0 Å². The fourth-order valence-corrected chi connectivity index (χ4v) is 3.41. The van der Waals surface area contributed by atoms with E-state index in [1.165, 1.54) is 0 Å². The van der Waals surface area contributed by atoms with Gasteiger partial charge >= 0.3 is 0 Å². The van der Waals surface area contributed by atoms with Crippen molar-refractivity contribution < 1.29 is 28.5 Å². The lowest BCUT2D eigenvalue weighted by atomic mass is 9.97. The number of carbonyl (C=O) groups excluding carboxylic acids is 1. The molecule has 1 N–H and O–H groups in total. The van der Waals surface area contributed by atoms with Crippen molar-refractivity contribution in [2.24, 2.45) is 0 Å². The SMILES string of the molecule is COc1ccc([C@H]2[C@H](CO)OCCN2C(=O)c2oc(C)nc2C)cc1OC. The van der Waals surface area contributed by atoms with E-state index in [4.69, 9.17) is 18.6 Å². The normalized spacial score (nSPS) is 19.8. The number of nitrogens with zero attached hydrogens (tertiary/aromatic N) is 2. The number of aromatic nitrogens is 1. The average Bonchev–Trinajstić information content (AvgIpc) is 3.04. The molecule has 0 spiro atoms. The molecule has 1 saturated heterocycles. The van der Waals surface area contributed by atoms with E-state index in [-0.39, 0.29) is 18.3 Å². The van der Waals surface area contributed by atoms with Crippen LogP contribution in [-0.2, 0) is 4.74 Å². The number of aliphatic hydroxyl groups excluding tert-OH is 1. The number of oxazole rings is 1. The van der Waals surface area contributed by atoms with Crippen molar-refractivity contribution >= 4 is 5.91 Å². The molecule has 1 fully saturated rings. The van der Waals surface area contributed by atoms with Gasteiger partial charge in [-0.15, -0.1) is 0 Å². The summed E-state index contributed by atoms with van der Waals surface area (Å²) < 4.78 is 21.9. The van der Waals surface area contributed by atoms with Gasteiger partial charge in [-0.25, -0.2) is 4.98 Å². The van der Waals surface area contributed by atoms with Gasteiger partial charge in [0.15, 0.2) is 17.4 Å². The van der Waals surface area contributed by atoms with E-state index in [1.54, 1.807) is 45.1 Å². The molecule has 3 rings (SSSR count). The van der Waals surface area contributed by atoms with E-state index in [0.717, 1.165) is 5.56 Å². The summed E-state index contributed by atoms with van der Waals surface area (Å²) in [6, 6.07) is 4.90. The molecule has 0 bridgehead atoms. The largest absolute Gasteiger partial charge is 0.493 e. The summed E-state index contributed by atoms with van der Waals surface area (Å²) in [5, 5.41) is 9.82. The van der Waals surface area contributed by atoms with Crippen LogP contribution in [0.25, 0.3) is 0 Å². The van der Waals surface area contributed by atoms with Gasteiger partial charge in [-0.05, 0) is 24.6 Å². The number of ether oxygens (including phenoxy) is 3. The van der Waals surface area contributed by atoms with Crippen LogP contribution in [0.5, 0.6) is 11.5 Å². The van der Waals surface area contributed by atoms with Crippen LogP contribution in [-0.4, -0.2) is 61.0 Å². The maximum Gasteiger partial charge on any atom is 0.292 e. The van der Waals surface area contributed by atoms with Gasteiger partial charge in [-0.1, -0.05) is 6.07 Å². The molecule has 0 aliphatic carbocycles. The summed E-state index contributed by atoms with van der Waals surface area (Å²) in [5.41, 5.74) is 1.31. The third-order valence-electron chi connectivity index (χ3n) is 4.64.